The zero-order chi connectivity index (χ0) is 13.1. The molecule has 102 valence electrons. The van der Waals surface area contributed by atoms with Crippen LogP contribution in [0, 0.1) is 5.92 Å². The molecule has 0 radical (unpaired) electrons. The minimum atomic E-state index is -0.654. The average Bonchev–Trinajstić information content (AvgIpc) is 2.27. The number of aliphatic hydroxyl groups is 1. The van der Waals surface area contributed by atoms with Gasteiger partial charge < -0.3 is 14.6 Å². The molecule has 1 N–H and O–H groups in total. The van der Waals surface area contributed by atoms with E-state index in [0.29, 0.717) is 5.92 Å². The standard InChI is InChI=1S/C10H18O4.C3H8/c1-8-3-2-4-9(7-8)14-10(12)13-6-5-11;1-3-2/h8-9,11H,2-7H2,1H3;3H2,1-2H3. The van der Waals surface area contributed by atoms with Crippen molar-refractivity contribution < 1.29 is 19.4 Å². The number of rotatable bonds is 3. The van der Waals surface area contributed by atoms with Crippen LogP contribution in [0.2, 0.25) is 0 Å². The molecule has 0 amide bonds. The molecule has 1 saturated carbocycles. The summed E-state index contributed by atoms with van der Waals surface area (Å²) < 4.78 is 9.71. The minimum Gasteiger partial charge on any atom is -0.432 e. The second-order valence-electron chi connectivity index (χ2n) is 4.54. The monoisotopic (exact) mass is 246 g/mol. The number of hydrogen-bond acceptors (Lipinski definition) is 4. The van der Waals surface area contributed by atoms with Crippen molar-refractivity contribution in [2.45, 2.75) is 59.0 Å². The van der Waals surface area contributed by atoms with Gasteiger partial charge in [-0.2, -0.15) is 0 Å². The van der Waals surface area contributed by atoms with Gasteiger partial charge in [-0.05, 0) is 25.2 Å². The SMILES string of the molecule is CC1CCCC(OC(=O)OCCO)C1.CCC. The molecule has 1 rings (SSSR count). The minimum absolute atomic E-state index is 0.00458. The van der Waals surface area contributed by atoms with Crippen molar-refractivity contribution in [3.63, 3.8) is 0 Å². The molecule has 17 heavy (non-hydrogen) atoms. The molecule has 0 bridgehead atoms. The fourth-order valence-corrected chi connectivity index (χ4v) is 1.78. The van der Waals surface area contributed by atoms with Crippen LogP contribution in [0.4, 0.5) is 4.79 Å². The topological polar surface area (TPSA) is 55.8 Å². The zero-order valence-electron chi connectivity index (χ0n) is 11.3. The molecule has 0 saturated heterocycles. The predicted molar refractivity (Wildman–Crippen MR) is 66.9 cm³/mol. The Kier molecular flexibility index (Phi) is 9.92. The summed E-state index contributed by atoms with van der Waals surface area (Å²) in [5.74, 6) is 0.624. The normalized spacial score (nSPS) is 23.3. The van der Waals surface area contributed by atoms with Crippen LogP contribution >= 0.6 is 0 Å². The quantitative estimate of drug-likeness (QED) is 0.777. The van der Waals surface area contributed by atoms with Crippen LogP contribution in [0.25, 0.3) is 0 Å². The van der Waals surface area contributed by atoms with Crippen LogP contribution in [0.5, 0.6) is 0 Å². The first-order valence-electron chi connectivity index (χ1n) is 6.58. The Balaban J connectivity index is 0.000000770. The number of carbonyl (C=O) groups is 1. The molecule has 1 aliphatic rings. The van der Waals surface area contributed by atoms with Gasteiger partial charge in [-0.3, -0.25) is 0 Å². The van der Waals surface area contributed by atoms with Gasteiger partial charge in [-0.25, -0.2) is 4.79 Å². The van der Waals surface area contributed by atoms with Crippen molar-refractivity contribution in [3.05, 3.63) is 0 Å². The summed E-state index contributed by atoms with van der Waals surface area (Å²) in [4.78, 5) is 11.0. The third kappa shape index (κ3) is 8.98. The van der Waals surface area contributed by atoms with Crippen molar-refractivity contribution in [2.24, 2.45) is 5.92 Å². The maximum Gasteiger partial charge on any atom is 0.508 e. The van der Waals surface area contributed by atoms with Crippen molar-refractivity contribution >= 4 is 6.16 Å². The molecular weight excluding hydrogens is 220 g/mol. The van der Waals surface area contributed by atoms with Gasteiger partial charge in [0.15, 0.2) is 0 Å². The second kappa shape index (κ2) is 10.4. The van der Waals surface area contributed by atoms with Gasteiger partial charge in [0, 0.05) is 0 Å². The lowest BCUT2D eigenvalue weighted by molar-refractivity contribution is -0.00160. The molecule has 0 aliphatic heterocycles. The summed E-state index contributed by atoms with van der Waals surface area (Å²) in [7, 11) is 0. The van der Waals surface area contributed by atoms with Crippen LogP contribution in [0.1, 0.15) is 52.9 Å². The summed E-state index contributed by atoms with van der Waals surface area (Å²) in [5, 5.41) is 8.43. The van der Waals surface area contributed by atoms with E-state index in [2.05, 4.69) is 25.5 Å². The largest absolute Gasteiger partial charge is 0.508 e. The fourth-order valence-electron chi connectivity index (χ4n) is 1.78. The van der Waals surface area contributed by atoms with Gasteiger partial charge in [0.1, 0.15) is 12.7 Å². The summed E-state index contributed by atoms with van der Waals surface area (Å²) in [5.41, 5.74) is 0. The summed E-state index contributed by atoms with van der Waals surface area (Å²) in [6.07, 6.45) is 4.78. The van der Waals surface area contributed by atoms with E-state index in [-0.39, 0.29) is 19.3 Å². The van der Waals surface area contributed by atoms with E-state index in [9.17, 15) is 4.79 Å². The van der Waals surface area contributed by atoms with Gasteiger partial charge in [0.05, 0.1) is 6.61 Å². The van der Waals surface area contributed by atoms with Gasteiger partial charge in [0.2, 0.25) is 0 Å². The molecule has 0 aromatic rings. The molecule has 0 aromatic carbocycles. The van der Waals surface area contributed by atoms with E-state index in [1.165, 1.54) is 12.8 Å². The Morgan fingerprint density at radius 3 is 2.53 bits per heavy atom. The molecular formula is C13H26O4. The maximum atomic E-state index is 11.0. The zero-order valence-corrected chi connectivity index (χ0v) is 11.3. The van der Waals surface area contributed by atoms with Crippen molar-refractivity contribution in [1.29, 1.82) is 0 Å². The second-order valence-corrected chi connectivity index (χ2v) is 4.54. The number of ether oxygens (including phenoxy) is 2. The molecule has 1 aliphatic carbocycles. The number of carbonyl (C=O) groups excluding carboxylic acids is 1. The summed E-state index contributed by atoms with van der Waals surface area (Å²) in [6.45, 7) is 6.27. The Morgan fingerprint density at radius 1 is 1.35 bits per heavy atom. The highest BCUT2D eigenvalue weighted by atomic mass is 16.7. The Labute approximate surface area is 104 Å². The summed E-state index contributed by atoms with van der Waals surface area (Å²) in [6, 6.07) is 0. The van der Waals surface area contributed by atoms with Crippen LogP contribution < -0.4 is 0 Å². The van der Waals surface area contributed by atoms with Crippen LogP contribution in [-0.2, 0) is 9.47 Å². The third-order valence-corrected chi connectivity index (χ3v) is 2.46. The molecule has 4 nitrogen and oxygen atoms in total. The first-order valence-corrected chi connectivity index (χ1v) is 6.58. The Morgan fingerprint density at radius 2 is 2.00 bits per heavy atom. The highest BCUT2D eigenvalue weighted by molar-refractivity contribution is 5.60. The number of aliphatic hydroxyl groups excluding tert-OH is 1. The van der Waals surface area contributed by atoms with Gasteiger partial charge >= 0.3 is 6.16 Å². The van der Waals surface area contributed by atoms with E-state index in [1.807, 2.05) is 0 Å². The predicted octanol–water partition coefficient (Wildman–Crippen LogP) is 3.13. The summed E-state index contributed by atoms with van der Waals surface area (Å²) >= 11 is 0. The number of hydrogen-bond donors (Lipinski definition) is 1. The van der Waals surface area contributed by atoms with Gasteiger partial charge in [-0.1, -0.05) is 33.6 Å². The molecule has 0 spiro atoms. The third-order valence-electron chi connectivity index (χ3n) is 2.46. The van der Waals surface area contributed by atoms with E-state index >= 15 is 0 Å². The van der Waals surface area contributed by atoms with Crippen LogP contribution in [0.3, 0.4) is 0 Å². The highest BCUT2D eigenvalue weighted by Crippen LogP contribution is 2.25. The van der Waals surface area contributed by atoms with Crippen molar-refractivity contribution in [2.75, 3.05) is 13.2 Å². The smallest absolute Gasteiger partial charge is 0.432 e. The molecule has 2 unspecified atom stereocenters. The lowest BCUT2D eigenvalue weighted by atomic mass is 9.89. The van der Waals surface area contributed by atoms with E-state index < -0.39 is 6.16 Å². The molecule has 1 fully saturated rings. The first kappa shape index (κ1) is 16.2. The lowest BCUT2D eigenvalue weighted by Crippen LogP contribution is -2.25. The first-order chi connectivity index (χ1) is 8.13. The molecule has 2 atom stereocenters. The van der Waals surface area contributed by atoms with Gasteiger partial charge in [-0.15, -0.1) is 0 Å². The molecule has 0 aromatic heterocycles. The van der Waals surface area contributed by atoms with Crippen LogP contribution in [-0.4, -0.2) is 30.6 Å². The molecule has 4 heteroatoms. The Bertz CT molecular complexity index is 194. The highest BCUT2D eigenvalue weighted by Gasteiger charge is 2.22. The van der Waals surface area contributed by atoms with Crippen molar-refractivity contribution in [3.8, 4) is 0 Å². The van der Waals surface area contributed by atoms with E-state index in [1.54, 1.807) is 0 Å². The maximum absolute atomic E-state index is 11.0. The Hall–Kier alpha value is -0.770. The van der Waals surface area contributed by atoms with Crippen molar-refractivity contribution in [1.82, 2.24) is 0 Å². The molecule has 0 heterocycles. The van der Waals surface area contributed by atoms with E-state index in [0.717, 1.165) is 19.3 Å². The fraction of sp³-hybridized carbons (Fsp3) is 0.923. The van der Waals surface area contributed by atoms with Crippen LogP contribution in [0.15, 0.2) is 0 Å². The average molecular weight is 246 g/mol. The van der Waals surface area contributed by atoms with E-state index in [4.69, 9.17) is 9.84 Å². The lowest BCUT2D eigenvalue weighted by Gasteiger charge is -2.25. The van der Waals surface area contributed by atoms with Gasteiger partial charge in [0.25, 0.3) is 0 Å².